The van der Waals surface area contributed by atoms with Crippen LogP contribution in [0.4, 0.5) is 5.69 Å². The molecule has 0 radical (unpaired) electrons. The van der Waals surface area contributed by atoms with Crippen LogP contribution in [0, 0.1) is 0 Å². The number of aromatic nitrogens is 4. The van der Waals surface area contributed by atoms with Gasteiger partial charge in [-0.05, 0) is 40.3 Å². The summed E-state index contributed by atoms with van der Waals surface area (Å²) in [4.78, 5) is 15.0. The molecule has 3 aromatic rings. The Balaban J connectivity index is 1.35. The fourth-order valence-electron chi connectivity index (χ4n) is 3.32. The Labute approximate surface area is 189 Å². The van der Waals surface area contributed by atoms with E-state index in [0.717, 1.165) is 31.0 Å². The van der Waals surface area contributed by atoms with Crippen LogP contribution in [0.3, 0.4) is 0 Å². The first-order chi connectivity index (χ1) is 15.2. The molecule has 1 amide bonds. The predicted octanol–water partition coefficient (Wildman–Crippen LogP) is 2.95. The van der Waals surface area contributed by atoms with E-state index in [-0.39, 0.29) is 11.7 Å². The van der Waals surface area contributed by atoms with E-state index in [1.165, 1.54) is 28.8 Å². The number of hydrogen-bond donors (Lipinski definition) is 1. The van der Waals surface area contributed by atoms with Crippen LogP contribution in [0.25, 0.3) is 5.69 Å². The zero-order valence-electron chi connectivity index (χ0n) is 17.2. The van der Waals surface area contributed by atoms with Crippen LogP contribution in [0.15, 0.2) is 53.7 Å². The maximum atomic E-state index is 12.5. The van der Waals surface area contributed by atoms with Gasteiger partial charge in [0.1, 0.15) is 11.4 Å². The van der Waals surface area contributed by atoms with Crippen LogP contribution in [0.1, 0.15) is 5.56 Å². The molecule has 4 rings (SSSR count). The summed E-state index contributed by atoms with van der Waals surface area (Å²) >= 11 is 3.28. The van der Waals surface area contributed by atoms with Gasteiger partial charge in [0.05, 0.1) is 12.9 Å². The average molecular weight is 457 g/mol. The number of nitrogens with zero attached hydrogens (tertiary/aromatic N) is 5. The highest BCUT2D eigenvalue weighted by Gasteiger charge is 2.15. The van der Waals surface area contributed by atoms with Gasteiger partial charge in [-0.2, -0.15) is 16.4 Å². The summed E-state index contributed by atoms with van der Waals surface area (Å²) in [5, 5.41) is 15.3. The molecule has 1 N–H and O–H groups in total. The molecule has 2 aromatic carbocycles. The number of nitrogens with one attached hydrogen (secondary N) is 1. The molecule has 2 heterocycles. The van der Waals surface area contributed by atoms with E-state index >= 15 is 0 Å². The van der Waals surface area contributed by atoms with Crippen molar-refractivity contribution in [3.8, 4) is 11.4 Å². The SMILES string of the molecule is COc1ccccc1-n1nnnc1SCC(=O)Nc1cccc(CN2CCSCC2)c1. The first-order valence-corrected chi connectivity index (χ1v) is 12.1. The van der Waals surface area contributed by atoms with Gasteiger partial charge in [-0.3, -0.25) is 9.69 Å². The Morgan fingerprint density at radius 2 is 2.03 bits per heavy atom. The second kappa shape index (κ2) is 10.7. The number of tetrazole rings is 1. The lowest BCUT2D eigenvalue weighted by Crippen LogP contribution is -2.31. The molecule has 1 fully saturated rings. The van der Waals surface area contributed by atoms with Gasteiger partial charge in [0, 0.05) is 36.8 Å². The minimum atomic E-state index is -0.105. The normalized spacial score (nSPS) is 14.4. The second-order valence-electron chi connectivity index (χ2n) is 6.97. The first-order valence-electron chi connectivity index (χ1n) is 9.96. The van der Waals surface area contributed by atoms with Gasteiger partial charge in [-0.1, -0.05) is 36.0 Å². The van der Waals surface area contributed by atoms with Crippen molar-refractivity contribution in [2.75, 3.05) is 42.8 Å². The maximum Gasteiger partial charge on any atom is 0.234 e. The molecular weight excluding hydrogens is 432 g/mol. The van der Waals surface area contributed by atoms with Crippen LogP contribution >= 0.6 is 23.5 Å². The highest BCUT2D eigenvalue weighted by Crippen LogP contribution is 2.25. The molecule has 1 aromatic heterocycles. The van der Waals surface area contributed by atoms with Crippen molar-refractivity contribution in [3.05, 3.63) is 54.1 Å². The van der Waals surface area contributed by atoms with Gasteiger partial charge in [0.2, 0.25) is 11.1 Å². The number of thioether (sulfide) groups is 2. The number of amides is 1. The standard InChI is InChI=1S/C21H24N6O2S2/c1-29-19-8-3-2-7-18(19)27-21(23-24-25-27)31-15-20(28)22-17-6-4-5-16(13-17)14-26-9-11-30-12-10-26/h2-8,13H,9-12,14-15H2,1H3,(H,22,28). The number of rotatable bonds is 8. The summed E-state index contributed by atoms with van der Waals surface area (Å²) in [5.74, 6) is 3.11. The topological polar surface area (TPSA) is 85.2 Å². The van der Waals surface area contributed by atoms with Crippen LogP contribution in [0.5, 0.6) is 5.75 Å². The summed E-state index contributed by atoms with van der Waals surface area (Å²) in [5.41, 5.74) is 2.73. The second-order valence-corrected chi connectivity index (χ2v) is 9.14. The number of ether oxygens (including phenoxy) is 1. The molecule has 1 aliphatic rings. The fourth-order valence-corrected chi connectivity index (χ4v) is 4.98. The summed E-state index contributed by atoms with van der Waals surface area (Å²) in [6.07, 6.45) is 0. The molecule has 0 unspecified atom stereocenters. The van der Waals surface area contributed by atoms with Crippen molar-refractivity contribution < 1.29 is 9.53 Å². The van der Waals surface area contributed by atoms with Crippen molar-refractivity contribution in [3.63, 3.8) is 0 Å². The lowest BCUT2D eigenvalue weighted by molar-refractivity contribution is -0.113. The van der Waals surface area contributed by atoms with Crippen molar-refractivity contribution in [1.82, 2.24) is 25.1 Å². The molecule has 31 heavy (non-hydrogen) atoms. The number of hydrogen-bond acceptors (Lipinski definition) is 8. The molecule has 0 bridgehead atoms. The Morgan fingerprint density at radius 3 is 2.87 bits per heavy atom. The van der Waals surface area contributed by atoms with Gasteiger partial charge in [-0.25, -0.2) is 0 Å². The lowest BCUT2D eigenvalue weighted by Gasteiger charge is -2.26. The van der Waals surface area contributed by atoms with E-state index in [0.29, 0.717) is 10.9 Å². The lowest BCUT2D eigenvalue weighted by atomic mass is 10.2. The number of carbonyl (C=O) groups is 1. The molecular formula is C21H24N6O2S2. The van der Waals surface area contributed by atoms with E-state index < -0.39 is 0 Å². The molecule has 1 aliphatic heterocycles. The Bertz CT molecular complexity index is 1020. The van der Waals surface area contributed by atoms with Crippen LogP contribution < -0.4 is 10.1 Å². The Morgan fingerprint density at radius 1 is 1.19 bits per heavy atom. The molecule has 8 nitrogen and oxygen atoms in total. The van der Waals surface area contributed by atoms with Crippen molar-refractivity contribution in [2.45, 2.75) is 11.7 Å². The minimum Gasteiger partial charge on any atom is -0.494 e. The third kappa shape index (κ3) is 5.78. The van der Waals surface area contributed by atoms with Crippen molar-refractivity contribution >= 4 is 35.1 Å². The van der Waals surface area contributed by atoms with Crippen LogP contribution in [0.2, 0.25) is 0 Å². The predicted molar refractivity (Wildman–Crippen MR) is 124 cm³/mol. The zero-order chi connectivity index (χ0) is 21.5. The molecule has 0 aliphatic carbocycles. The smallest absolute Gasteiger partial charge is 0.234 e. The van der Waals surface area contributed by atoms with Crippen molar-refractivity contribution in [2.24, 2.45) is 0 Å². The van der Waals surface area contributed by atoms with E-state index in [2.05, 4.69) is 31.8 Å². The number of anilines is 1. The summed E-state index contributed by atoms with van der Waals surface area (Å²) < 4.78 is 6.96. The summed E-state index contributed by atoms with van der Waals surface area (Å²) in [7, 11) is 1.60. The highest BCUT2D eigenvalue weighted by molar-refractivity contribution is 7.99. The van der Waals surface area contributed by atoms with E-state index in [4.69, 9.17) is 4.74 Å². The molecule has 10 heteroatoms. The molecule has 1 saturated heterocycles. The molecule has 0 atom stereocenters. The first kappa shape index (κ1) is 21.7. The summed E-state index contributed by atoms with van der Waals surface area (Å²) in [6.45, 7) is 3.13. The van der Waals surface area contributed by atoms with Gasteiger partial charge in [0.25, 0.3) is 0 Å². The van der Waals surface area contributed by atoms with Gasteiger partial charge in [0.15, 0.2) is 0 Å². The molecule has 0 spiro atoms. The average Bonchev–Trinajstić information content (AvgIpc) is 3.27. The molecule has 162 valence electrons. The highest BCUT2D eigenvalue weighted by atomic mass is 32.2. The van der Waals surface area contributed by atoms with E-state index in [1.807, 2.05) is 54.2 Å². The quantitative estimate of drug-likeness (QED) is 0.518. The fraction of sp³-hybridized carbons (Fsp3) is 0.333. The monoisotopic (exact) mass is 456 g/mol. The maximum absolute atomic E-state index is 12.5. The van der Waals surface area contributed by atoms with Crippen molar-refractivity contribution in [1.29, 1.82) is 0 Å². The third-order valence-corrected chi connectivity index (χ3v) is 6.67. The number of methoxy groups -OCH3 is 1. The largest absolute Gasteiger partial charge is 0.494 e. The van der Waals surface area contributed by atoms with Crippen LogP contribution in [-0.4, -0.2) is 68.5 Å². The van der Waals surface area contributed by atoms with Gasteiger partial charge >= 0.3 is 0 Å². The van der Waals surface area contributed by atoms with E-state index in [9.17, 15) is 4.79 Å². The van der Waals surface area contributed by atoms with Gasteiger partial charge in [-0.15, -0.1) is 5.10 Å². The number of carbonyl (C=O) groups excluding carboxylic acids is 1. The summed E-state index contributed by atoms with van der Waals surface area (Å²) in [6, 6.07) is 15.5. The van der Waals surface area contributed by atoms with E-state index in [1.54, 1.807) is 11.8 Å². The number of benzene rings is 2. The Hall–Kier alpha value is -2.56. The van der Waals surface area contributed by atoms with Crippen LogP contribution in [-0.2, 0) is 11.3 Å². The minimum absolute atomic E-state index is 0.105. The molecule has 0 saturated carbocycles. The van der Waals surface area contributed by atoms with Gasteiger partial charge < -0.3 is 10.1 Å². The Kier molecular flexibility index (Phi) is 7.44. The third-order valence-electron chi connectivity index (χ3n) is 4.81. The number of para-hydroxylation sites is 2. The zero-order valence-corrected chi connectivity index (χ0v) is 18.9.